The number of amides is 1. The Morgan fingerprint density at radius 2 is 2.11 bits per heavy atom. The van der Waals surface area contributed by atoms with Crippen molar-refractivity contribution in [2.24, 2.45) is 5.73 Å². The lowest BCUT2D eigenvalue weighted by molar-refractivity contribution is 0.211. The summed E-state index contributed by atoms with van der Waals surface area (Å²) in [5.74, 6) is 0. The molecule has 96 valence electrons. The molecule has 0 aliphatic heterocycles. The number of aromatic nitrogens is 2. The summed E-state index contributed by atoms with van der Waals surface area (Å²) in [7, 11) is 0. The zero-order chi connectivity index (χ0) is 13.5. The third-order valence-corrected chi connectivity index (χ3v) is 3.66. The number of carbonyl (C=O) groups is 1. The van der Waals surface area contributed by atoms with E-state index < -0.39 is 6.09 Å². The zero-order valence-electron chi connectivity index (χ0n) is 10.2. The van der Waals surface area contributed by atoms with E-state index in [1.54, 1.807) is 0 Å². The number of hydrogen-bond donors (Lipinski definition) is 1. The smallest absolute Gasteiger partial charge is 0.381 e. The van der Waals surface area contributed by atoms with Gasteiger partial charge in [-0.25, -0.2) is 14.8 Å². The molecule has 2 N–H and O–H groups in total. The molecular weight excluding hydrogens is 318 g/mol. The summed E-state index contributed by atoms with van der Waals surface area (Å²) < 4.78 is 5.64. The van der Waals surface area contributed by atoms with Crippen LogP contribution in [0, 0.1) is 0 Å². The van der Waals surface area contributed by atoms with Gasteiger partial charge < -0.3 is 10.5 Å². The van der Waals surface area contributed by atoms with Crippen molar-refractivity contribution in [2.75, 3.05) is 0 Å². The van der Waals surface area contributed by atoms with E-state index in [0.29, 0.717) is 5.52 Å². The van der Waals surface area contributed by atoms with Crippen molar-refractivity contribution in [1.82, 2.24) is 9.97 Å². The number of pyridine rings is 1. The number of rotatable bonds is 1. The highest BCUT2D eigenvalue weighted by atomic mass is 79.9. The van der Waals surface area contributed by atoms with Crippen molar-refractivity contribution in [3.63, 3.8) is 0 Å². The van der Waals surface area contributed by atoms with Crippen LogP contribution < -0.4 is 10.5 Å². The van der Waals surface area contributed by atoms with Crippen molar-refractivity contribution < 1.29 is 9.53 Å². The Hall–Kier alpha value is -1.21. The van der Waals surface area contributed by atoms with Gasteiger partial charge in [-0.05, 0) is 22.0 Å². The molecule has 0 aliphatic carbocycles. The number of fused-ring (bicyclic) bond motifs is 1. The first-order valence-corrected chi connectivity index (χ1v) is 6.83. The Morgan fingerprint density at radius 1 is 1.44 bits per heavy atom. The SMILES string of the molecule is CC(C)(C)c1nc2sc(OC(N)=O)nc2cc1Br. The molecule has 2 aromatic heterocycles. The minimum Gasteiger partial charge on any atom is -0.381 e. The fourth-order valence-electron chi connectivity index (χ4n) is 1.48. The molecule has 2 rings (SSSR count). The summed E-state index contributed by atoms with van der Waals surface area (Å²) in [6, 6.07) is 1.87. The number of halogens is 1. The first-order valence-electron chi connectivity index (χ1n) is 5.22. The largest absolute Gasteiger partial charge is 0.411 e. The van der Waals surface area contributed by atoms with Crippen molar-refractivity contribution in [2.45, 2.75) is 26.2 Å². The zero-order valence-corrected chi connectivity index (χ0v) is 12.6. The Bertz CT molecular complexity index is 619. The predicted molar refractivity (Wildman–Crippen MR) is 74.0 cm³/mol. The van der Waals surface area contributed by atoms with E-state index in [1.165, 1.54) is 11.3 Å². The summed E-state index contributed by atoms with van der Waals surface area (Å²) in [6.45, 7) is 6.23. The minimum absolute atomic E-state index is 0.0816. The van der Waals surface area contributed by atoms with Crippen LogP contribution in [-0.2, 0) is 5.41 Å². The number of ether oxygens (including phenoxy) is 1. The molecule has 0 saturated carbocycles. The summed E-state index contributed by atoms with van der Waals surface area (Å²) in [4.78, 5) is 20.1. The maximum Gasteiger partial charge on any atom is 0.411 e. The maximum atomic E-state index is 10.7. The van der Waals surface area contributed by atoms with Crippen LogP contribution in [0.4, 0.5) is 4.79 Å². The van der Waals surface area contributed by atoms with Crippen LogP contribution in [0.15, 0.2) is 10.5 Å². The highest BCUT2D eigenvalue weighted by Crippen LogP contribution is 2.34. The molecule has 0 radical (unpaired) electrons. The number of thiazole rings is 1. The highest BCUT2D eigenvalue weighted by molar-refractivity contribution is 9.10. The second-order valence-corrected chi connectivity index (χ2v) is 6.59. The fourth-order valence-corrected chi connectivity index (χ4v) is 3.16. The highest BCUT2D eigenvalue weighted by Gasteiger charge is 2.21. The third kappa shape index (κ3) is 2.62. The summed E-state index contributed by atoms with van der Waals surface area (Å²) in [5, 5.41) is 0.211. The molecule has 2 heterocycles. The van der Waals surface area contributed by atoms with Crippen molar-refractivity contribution in [3.05, 3.63) is 16.2 Å². The van der Waals surface area contributed by atoms with Gasteiger partial charge in [-0.3, -0.25) is 0 Å². The van der Waals surface area contributed by atoms with Gasteiger partial charge in [0.05, 0.1) is 5.69 Å². The van der Waals surface area contributed by atoms with Crippen LogP contribution in [0.2, 0.25) is 0 Å². The molecule has 5 nitrogen and oxygen atoms in total. The average molecular weight is 330 g/mol. The van der Waals surface area contributed by atoms with Gasteiger partial charge in [0.2, 0.25) is 0 Å². The van der Waals surface area contributed by atoms with E-state index in [9.17, 15) is 4.79 Å². The summed E-state index contributed by atoms with van der Waals surface area (Å²) in [6.07, 6.45) is -0.871. The monoisotopic (exact) mass is 329 g/mol. The summed E-state index contributed by atoms with van der Waals surface area (Å²) in [5.41, 5.74) is 6.48. The number of carbonyl (C=O) groups excluding carboxylic acids is 1. The van der Waals surface area contributed by atoms with Crippen molar-refractivity contribution in [3.8, 4) is 5.19 Å². The van der Waals surface area contributed by atoms with Gasteiger partial charge in [0.1, 0.15) is 10.3 Å². The molecule has 0 fully saturated rings. The second-order valence-electron chi connectivity index (χ2n) is 4.79. The lowest BCUT2D eigenvalue weighted by atomic mass is 9.92. The van der Waals surface area contributed by atoms with E-state index in [1.807, 2.05) is 6.07 Å². The minimum atomic E-state index is -0.871. The fraction of sp³-hybridized carbons (Fsp3) is 0.364. The Kier molecular flexibility index (Phi) is 3.29. The van der Waals surface area contributed by atoms with Gasteiger partial charge in [-0.1, -0.05) is 32.1 Å². The van der Waals surface area contributed by atoms with Gasteiger partial charge >= 0.3 is 6.09 Å². The maximum absolute atomic E-state index is 10.7. The number of nitrogens with two attached hydrogens (primary N) is 1. The van der Waals surface area contributed by atoms with Crippen molar-refractivity contribution >= 4 is 43.7 Å². The normalized spacial score (nSPS) is 11.8. The average Bonchev–Trinajstić information content (AvgIpc) is 2.54. The molecule has 0 spiro atoms. The molecule has 2 aromatic rings. The molecular formula is C11H12BrN3O2S. The Morgan fingerprint density at radius 3 is 2.67 bits per heavy atom. The first-order chi connectivity index (χ1) is 8.27. The van der Waals surface area contributed by atoms with Gasteiger partial charge in [0.15, 0.2) is 0 Å². The van der Waals surface area contributed by atoms with Crippen LogP contribution >= 0.6 is 27.3 Å². The molecule has 18 heavy (non-hydrogen) atoms. The summed E-state index contributed by atoms with van der Waals surface area (Å²) >= 11 is 4.68. The van der Waals surface area contributed by atoms with Gasteiger partial charge in [0.25, 0.3) is 5.19 Å². The van der Waals surface area contributed by atoms with Crippen LogP contribution in [0.3, 0.4) is 0 Å². The topological polar surface area (TPSA) is 78.1 Å². The lowest BCUT2D eigenvalue weighted by Gasteiger charge is -2.18. The lowest BCUT2D eigenvalue weighted by Crippen LogP contribution is -2.15. The van der Waals surface area contributed by atoms with Gasteiger partial charge in [-0.2, -0.15) is 0 Å². The molecule has 1 amide bonds. The molecule has 0 aliphatic rings. The molecule has 7 heteroatoms. The standard InChI is InChI=1S/C11H12BrN3O2S/c1-11(2,3)7-5(12)4-6-8(15-7)18-10(14-6)17-9(13)16/h4H,1-3H3,(H2,13,16). The first kappa shape index (κ1) is 13.2. The van der Waals surface area contributed by atoms with Gasteiger partial charge in [-0.15, -0.1) is 0 Å². The van der Waals surface area contributed by atoms with Crippen molar-refractivity contribution in [1.29, 1.82) is 0 Å². The quantitative estimate of drug-likeness (QED) is 0.871. The predicted octanol–water partition coefficient (Wildman–Crippen LogP) is 3.21. The second kappa shape index (κ2) is 4.47. The van der Waals surface area contributed by atoms with Crippen LogP contribution in [0.1, 0.15) is 26.5 Å². The van der Waals surface area contributed by atoms with E-state index in [2.05, 4.69) is 46.7 Å². The Labute approximate surface area is 116 Å². The molecule has 0 unspecified atom stereocenters. The van der Waals surface area contributed by atoms with E-state index in [4.69, 9.17) is 10.5 Å². The van der Waals surface area contributed by atoms with E-state index in [0.717, 1.165) is 15.0 Å². The number of hydrogen-bond acceptors (Lipinski definition) is 5. The van der Waals surface area contributed by atoms with Gasteiger partial charge in [0, 0.05) is 9.89 Å². The van der Waals surface area contributed by atoms with Crippen LogP contribution in [0.5, 0.6) is 5.19 Å². The third-order valence-electron chi connectivity index (χ3n) is 2.22. The molecule has 0 aromatic carbocycles. The van der Waals surface area contributed by atoms with Crippen LogP contribution in [0.25, 0.3) is 10.3 Å². The molecule has 0 atom stereocenters. The van der Waals surface area contributed by atoms with E-state index >= 15 is 0 Å². The Balaban J connectivity index is 2.54. The number of primary amides is 1. The molecule has 0 saturated heterocycles. The van der Waals surface area contributed by atoms with Crippen LogP contribution in [-0.4, -0.2) is 16.1 Å². The van der Waals surface area contributed by atoms with E-state index in [-0.39, 0.29) is 10.6 Å². The molecule has 0 bridgehead atoms. The number of nitrogens with zero attached hydrogens (tertiary/aromatic N) is 2.